The molecular formula is C20H26N4O2. The number of carbonyl (C=O) groups excluding carboxylic acids is 1. The lowest BCUT2D eigenvalue weighted by Gasteiger charge is -2.41. The Morgan fingerprint density at radius 3 is 2.92 bits per heavy atom. The second-order valence-corrected chi connectivity index (χ2v) is 8.08. The number of aromatic nitrogens is 3. The van der Waals surface area contributed by atoms with Crippen LogP contribution in [0.4, 0.5) is 0 Å². The number of hydrogen-bond donors (Lipinski definition) is 0. The molecule has 26 heavy (non-hydrogen) atoms. The summed E-state index contributed by atoms with van der Waals surface area (Å²) in [5.74, 6) is 2.16. The first-order valence-corrected chi connectivity index (χ1v) is 9.62. The summed E-state index contributed by atoms with van der Waals surface area (Å²) in [6.07, 6.45) is 7.29. The van der Waals surface area contributed by atoms with Crippen molar-refractivity contribution in [3.8, 4) is 11.6 Å². The second kappa shape index (κ2) is 6.82. The Kier molecular flexibility index (Phi) is 4.51. The van der Waals surface area contributed by atoms with Crippen molar-refractivity contribution in [2.75, 3.05) is 13.1 Å². The van der Waals surface area contributed by atoms with E-state index in [2.05, 4.69) is 10.1 Å². The molecule has 0 aromatic carbocycles. The average molecular weight is 354 g/mol. The van der Waals surface area contributed by atoms with Gasteiger partial charge in [0.15, 0.2) is 5.82 Å². The maximum atomic E-state index is 12.6. The van der Waals surface area contributed by atoms with Crippen LogP contribution in [0.25, 0.3) is 11.6 Å². The molecule has 0 radical (unpaired) electrons. The third kappa shape index (κ3) is 3.37. The van der Waals surface area contributed by atoms with E-state index in [1.54, 1.807) is 6.20 Å². The first-order chi connectivity index (χ1) is 12.6. The number of nitrogens with zero attached hydrogens (tertiary/aromatic N) is 4. The van der Waals surface area contributed by atoms with Gasteiger partial charge in [0.1, 0.15) is 5.69 Å². The molecule has 0 bridgehead atoms. The number of piperidine rings is 1. The van der Waals surface area contributed by atoms with E-state index in [9.17, 15) is 4.79 Å². The van der Waals surface area contributed by atoms with Crippen molar-refractivity contribution in [1.29, 1.82) is 0 Å². The summed E-state index contributed by atoms with van der Waals surface area (Å²) in [6, 6.07) is 5.65. The first-order valence-electron chi connectivity index (χ1n) is 9.62. The van der Waals surface area contributed by atoms with Crippen molar-refractivity contribution in [2.45, 2.75) is 51.4 Å². The van der Waals surface area contributed by atoms with Crippen LogP contribution in [0.15, 0.2) is 28.9 Å². The van der Waals surface area contributed by atoms with Crippen molar-refractivity contribution in [3.05, 3.63) is 30.2 Å². The Bertz CT molecular complexity index is 769. The lowest BCUT2D eigenvalue weighted by molar-refractivity contribution is -0.137. The van der Waals surface area contributed by atoms with E-state index in [0.29, 0.717) is 18.1 Å². The van der Waals surface area contributed by atoms with Gasteiger partial charge in [-0.05, 0) is 37.3 Å². The molecule has 2 aliphatic rings. The van der Waals surface area contributed by atoms with Crippen molar-refractivity contribution >= 4 is 5.91 Å². The van der Waals surface area contributed by atoms with Gasteiger partial charge in [-0.15, -0.1) is 0 Å². The summed E-state index contributed by atoms with van der Waals surface area (Å²) >= 11 is 0. The van der Waals surface area contributed by atoms with Gasteiger partial charge in [-0.3, -0.25) is 9.78 Å². The molecule has 6 nitrogen and oxygen atoms in total. The average Bonchev–Trinajstić information content (AvgIpc) is 3.32. The molecule has 1 saturated carbocycles. The standard InChI is InChI=1S/C20H26N4O2/c1-14(2)18(25)24-11-5-9-20(13-24,12-15-7-8-15)19-22-17(26-23-19)16-6-3-4-10-21-16/h3-4,6,10,14-15H,5,7-9,11-13H2,1-2H3. The molecule has 1 amide bonds. The second-order valence-electron chi connectivity index (χ2n) is 8.08. The highest BCUT2D eigenvalue weighted by Crippen LogP contribution is 2.46. The zero-order valence-corrected chi connectivity index (χ0v) is 15.5. The van der Waals surface area contributed by atoms with E-state index in [1.165, 1.54) is 12.8 Å². The molecule has 1 aliphatic carbocycles. The number of amides is 1. The summed E-state index contributed by atoms with van der Waals surface area (Å²) in [4.78, 5) is 23.6. The fraction of sp³-hybridized carbons (Fsp3) is 0.600. The smallest absolute Gasteiger partial charge is 0.276 e. The Labute approximate surface area is 154 Å². The molecule has 1 aliphatic heterocycles. The topological polar surface area (TPSA) is 72.1 Å². The fourth-order valence-corrected chi connectivity index (χ4v) is 4.03. The van der Waals surface area contributed by atoms with Crippen LogP contribution in [0.2, 0.25) is 0 Å². The van der Waals surface area contributed by atoms with Crippen LogP contribution in [-0.4, -0.2) is 39.0 Å². The SMILES string of the molecule is CC(C)C(=O)N1CCCC(CC2CC2)(c2noc(-c3ccccn3)n2)C1. The lowest BCUT2D eigenvalue weighted by Crippen LogP contribution is -2.50. The fourth-order valence-electron chi connectivity index (χ4n) is 4.03. The normalized spacial score (nSPS) is 23.4. The van der Waals surface area contributed by atoms with Crippen LogP contribution < -0.4 is 0 Å². The lowest BCUT2D eigenvalue weighted by atomic mass is 9.74. The molecule has 1 saturated heterocycles. The molecule has 0 spiro atoms. The third-order valence-corrected chi connectivity index (χ3v) is 5.54. The van der Waals surface area contributed by atoms with Crippen LogP contribution in [0, 0.1) is 11.8 Å². The molecule has 0 N–H and O–H groups in total. The molecular weight excluding hydrogens is 328 g/mol. The van der Waals surface area contributed by atoms with E-state index in [1.807, 2.05) is 36.9 Å². The number of pyridine rings is 1. The van der Waals surface area contributed by atoms with E-state index < -0.39 is 0 Å². The summed E-state index contributed by atoms with van der Waals surface area (Å²) in [5, 5.41) is 4.34. The van der Waals surface area contributed by atoms with Crippen LogP contribution in [0.5, 0.6) is 0 Å². The quantitative estimate of drug-likeness (QED) is 0.822. The Morgan fingerprint density at radius 2 is 2.23 bits per heavy atom. The van der Waals surface area contributed by atoms with Crippen LogP contribution in [0.3, 0.4) is 0 Å². The van der Waals surface area contributed by atoms with Crippen LogP contribution >= 0.6 is 0 Å². The maximum Gasteiger partial charge on any atom is 0.276 e. The highest BCUT2D eigenvalue weighted by molar-refractivity contribution is 5.78. The van der Waals surface area contributed by atoms with Crippen molar-refractivity contribution < 1.29 is 9.32 Å². The largest absolute Gasteiger partial charge is 0.341 e. The van der Waals surface area contributed by atoms with Gasteiger partial charge in [0, 0.05) is 25.2 Å². The molecule has 1 atom stereocenters. The minimum absolute atomic E-state index is 0.0149. The molecule has 138 valence electrons. The third-order valence-electron chi connectivity index (χ3n) is 5.54. The van der Waals surface area contributed by atoms with E-state index >= 15 is 0 Å². The number of hydrogen-bond acceptors (Lipinski definition) is 5. The molecule has 4 rings (SSSR count). The molecule has 3 heterocycles. The Hall–Kier alpha value is -2.24. The molecule has 6 heteroatoms. The minimum atomic E-state index is -0.194. The van der Waals surface area contributed by atoms with Crippen molar-refractivity contribution in [1.82, 2.24) is 20.0 Å². The minimum Gasteiger partial charge on any atom is -0.341 e. The number of carbonyl (C=O) groups is 1. The van der Waals surface area contributed by atoms with E-state index in [-0.39, 0.29) is 17.2 Å². The van der Waals surface area contributed by atoms with Gasteiger partial charge in [0.2, 0.25) is 5.91 Å². The van der Waals surface area contributed by atoms with Crippen LogP contribution in [0.1, 0.15) is 51.8 Å². The zero-order chi connectivity index (χ0) is 18.1. The summed E-state index contributed by atoms with van der Waals surface area (Å²) in [6.45, 7) is 5.45. The number of likely N-dealkylation sites (tertiary alicyclic amines) is 1. The highest BCUT2D eigenvalue weighted by atomic mass is 16.5. The van der Waals surface area contributed by atoms with Gasteiger partial charge in [-0.25, -0.2) is 0 Å². The maximum absolute atomic E-state index is 12.6. The first kappa shape index (κ1) is 17.2. The highest BCUT2D eigenvalue weighted by Gasteiger charge is 2.46. The van der Waals surface area contributed by atoms with Gasteiger partial charge < -0.3 is 9.42 Å². The monoisotopic (exact) mass is 354 g/mol. The van der Waals surface area contributed by atoms with Crippen molar-refractivity contribution in [2.24, 2.45) is 11.8 Å². The van der Waals surface area contributed by atoms with Crippen LogP contribution in [-0.2, 0) is 10.2 Å². The van der Waals surface area contributed by atoms with Gasteiger partial charge in [0.25, 0.3) is 5.89 Å². The Morgan fingerprint density at radius 1 is 1.38 bits per heavy atom. The summed E-state index contributed by atoms with van der Waals surface area (Å²) in [7, 11) is 0. The molecule has 1 unspecified atom stereocenters. The van der Waals surface area contributed by atoms with Crippen molar-refractivity contribution in [3.63, 3.8) is 0 Å². The number of rotatable bonds is 5. The summed E-state index contributed by atoms with van der Waals surface area (Å²) < 4.78 is 5.55. The van der Waals surface area contributed by atoms with Gasteiger partial charge in [-0.1, -0.05) is 37.9 Å². The van der Waals surface area contributed by atoms with Gasteiger partial charge in [-0.2, -0.15) is 4.98 Å². The predicted molar refractivity (Wildman–Crippen MR) is 97.2 cm³/mol. The summed E-state index contributed by atoms with van der Waals surface area (Å²) in [5.41, 5.74) is 0.499. The van der Waals surface area contributed by atoms with E-state index in [0.717, 1.165) is 37.5 Å². The van der Waals surface area contributed by atoms with E-state index in [4.69, 9.17) is 9.51 Å². The van der Waals surface area contributed by atoms with Gasteiger partial charge in [0.05, 0.1) is 5.41 Å². The predicted octanol–water partition coefficient (Wildman–Crippen LogP) is 3.45. The molecule has 2 fully saturated rings. The Balaban J connectivity index is 1.64. The molecule has 2 aromatic rings. The zero-order valence-electron chi connectivity index (χ0n) is 15.5. The van der Waals surface area contributed by atoms with Gasteiger partial charge >= 0.3 is 0 Å². The molecule has 2 aromatic heterocycles.